The van der Waals surface area contributed by atoms with E-state index in [1.54, 1.807) is 0 Å². The van der Waals surface area contributed by atoms with Crippen LogP contribution in [-0.4, -0.2) is 42.1 Å². The van der Waals surface area contributed by atoms with E-state index >= 15 is 0 Å². The van der Waals surface area contributed by atoms with E-state index in [0.29, 0.717) is 0 Å². The monoisotopic (exact) mass is 112 g/mol. The molecule has 2 bridgehead atoms. The molecule has 0 aromatic rings. The van der Waals surface area contributed by atoms with Crippen molar-refractivity contribution in [3.63, 3.8) is 0 Å². The molecule has 0 aliphatic carbocycles. The minimum absolute atomic E-state index is 0.759. The number of fused-ring (bicyclic) bond motifs is 2. The van der Waals surface area contributed by atoms with Crippen LogP contribution in [0.25, 0.3) is 0 Å². The Bertz CT molecular complexity index is 82.7. The fourth-order valence-electron chi connectivity index (χ4n) is 1.72. The van der Waals surface area contributed by atoms with E-state index in [9.17, 15) is 0 Å². The molecule has 0 unspecified atom stereocenters. The zero-order valence-electron chi connectivity index (χ0n) is 5.30. The summed E-state index contributed by atoms with van der Waals surface area (Å²) in [6.07, 6.45) is 0.759. The van der Waals surface area contributed by atoms with Gasteiger partial charge in [0.05, 0.1) is 6.17 Å². The van der Waals surface area contributed by atoms with E-state index in [1.807, 2.05) is 0 Å². The summed E-state index contributed by atoms with van der Waals surface area (Å²) in [5.74, 6) is 0. The summed E-state index contributed by atoms with van der Waals surface area (Å²) in [4.78, 5) is 5.06. The SMILES string of the molecule is CC1N2CCN1CC2. The van der Waals surface area contributed by atoms with Crippen LogP contribution in [0.15, 0.2) is 0 Å². The Balaban J connectivity index is 2.16. The molecule has 0 atom stereocenters. The third-order valence-corrected chi connectivity index (χ3v) is 2.41. The van der Waals surface area contributed by atoms with Crippen molar-refractivity contribution in [3.05, 3.63) is 0 Å². The van der Waals surface area contributed by atoms with Crippen molar-refractivity contribution in [3.8, 4) is 0 Å². The zero-order chi connectivity index (χ0) is 5.56. The lowest BCUT2D eigenvalue weighted by molar-refractivity contribution is 0.272. The molecule has 2 rings (SSSR count). The van der Waals surface area contributed by atoms with Gasteiger partial charge in [-0.05, 0) is 6.92 Å². The molecule has 2 fully saturated rings. The summed E-state index contributed by atoms with van der Waals surface area (Å²) in [5.41, 5.74) is 0. The Morgan fingerprint density at radius 2 is 1.38 bits per heavy atom. The van der Waals surface area contributed by atoms with Gasteiger partial charge in [-0.3, -0.25) is 9.80 Å². The van der Waals surface area contributed by atoms with Crippen molar-refractivity contribution in [2.75, 3.05) is 26.2 Å². The lowest BCUT2D eigenvalue weighted by atomic mass is 10.4. The number of hydrogen-bond donors (Lipinski definition) is 0. The summed E-state index contributed by atoms with van der Waals surface area (Å²) < 4.78 is 0. The maximum absolute atomic E-state index is 2.53. The largest absolute Gasteiger partial charge is 0.286 e. The molecular weight excluding hydrogens is 100 g/mol. The van der Waals surface area contributed by atoms with Gasteiger partial charge in [0.25, 0.3) is 0 Å². The smallest absolute Gasteiger partial charge is 0.0595 e. The lowest BCUT2D eigenvalue weighted by Crippen LogP contribution is -2.24. The number of rotatable bonds is 0. The molecule has 0 aromatic carbocycles. The fraction of sp³-hybridized carbons (Fsp3) is 1.00. The second kappa shape index (κ2) is 1.45. The van der Waals surface area contributed by atoms with Gasteiger partial charge in [0.1, 0.15) is 0 Å². The molecule has 0 spiro atoms. The van der Waals surface area contributed by atoms with Crippen LogP contribution in [0.2, 0.25) is 0 Å². The Kier molecular flexibility index (Phi) is 0.866. The third-order valence-electron chi connectivity index (χ3n) is 2.41. The molecule has 2 saturated heterocycles. The first kappa shape index (κ1) is 4.77. The molecule has 2 aliphatic rings. The molecule has 2 heteroatoms. The molecule has 0 radical (unpaired) electrons. The molecule has 2 aliphatic heterocycles. The van der Waals surface area contributed by atoms with Gasteiger partial charge in [0.15, 0.2) is 0 Å². The lowest BCUT2D eigenvalue weighted by Gasteiger charge is -2.11. The molecule has 0 aromatic heterocycles. The standard InChI is InChI=1S/C6H12N2/c1-6-7-2-3-8(6)5-4-7/h6H,2-5H2,1H3. The maximum atomic E-state index is 2.53. The summed E-state index contributed by atoms with van der Waals surface area (Å²) >= 11 is 0. The van der Waals surface area contributed by atoms with Crippen LogP contribution in [0, 0.1) is 0 Å². The predicted molar refractivity (Wildman–Crippen MR) is 32.6 cm³/mol. The van der Waals surface area contributed by atoms with E-state index in [0.717, 1.165) is 6.17 Å². The first-order valence-electron chi connectivity index (χ1n) is 3.36. The Hall–Kier alpha value is -0.0800. The van der Waals surface area contributed by atoms with Crippen molar-refractivity contribution in [1.82, 2.24) is 9.80 Å². The van der Waals surface area contributed by atoms with Gasteiger partial charge in [-0.25, -0.2) is 0 Å². The highest BCUT2D eigenvalue weighted by Crippen LogP contribution is 2.19. The van der Waals surface area contributed by atoms with Gasteiger partial charge < -0.3 is 0 Å². The fourth-order valence-corrected chi connectivity index (χ4v) is 1.72. The van der Waals surface area contributed by atoms with Crippen LogP contribution in [-0.2, 0) is 0 Å². The second-order valence-electron chi connectivity index (χ2n) is 2.70. The molecule has 2 heterocycles. The predicted octanol–water partition coefficient (Wildman–Crippen LogP) is -0.0364. The van der Waals surface area contributed by atoms with Crippen LogP contribution in [0.5, 0.6) is 0 Å². The summed E-state index contributed by atoms with van der Waals surface area (Å²) in [6, 6.07) is 0. The van der Waals surface area contributed by atoms with E-state index in [4.69, 9.17) is 0 Å². The summed E-state index contributed by atoms with van der Waals surface area (Å²) in [5, 5.41) is 0. The molecule has 8 heavy (non-hydrogen) atoms. The first-order valence-corrected chi connectivity index (χ1v) is 3.36. The quantitative estimate of drug-likeness (QED) is 0.434. The summed E-state index contributed by atoms with van der Waals surface area (Å²) in [7, 11) is 0. The van der Waals surface area contributed by atoms with Gasteiger partial charge in [-0.2, -0.15) is 0 Å². The van der Waals surface area contributed by atoms with E-state index in [2.05, 4.69) is 16.7 Å². The molecule has 46 valence electrons. The van der Waals surface area contributed by atoms with Gasteiger partial charge >= 0.3 is 0 Å². The minimum atomic E-state index is 0.759. The number of piperazine rings is 1. The molecular formula is C6H12N2. The van der Waals surface area contributed by atoms with Crippen molar-refractivity contribution >= 4 is 0 Å². The van der Waals surface area contributed by atoms with Crippen LogP contribution in [0.3, 0.4) is 0 Å². The van der Waals surface area contributed by atoms with Crippen molar-refractivity contribution in [1.29, 1.82) is 0 Å². The average Bonchev–Trinajstić information content (AvgIpc) is 2.29. The zero-order valence-corrected chi connectivity index (χ0v) is 5.30. The van der Waals surface area contributed by atoms with E-state index in [-0.39, 0.29) is 0 Å². The molecule has 2 nitrogen and oxygen atoms in total. The number of hydrogen-bond acceptors (Lipinski definition) is 2. The van der Waals surface area contributed by atoms with Gasteiger partial charge in [-0.15, -0.1) is 0 Å². The molecule has 0 saturated carbocycles. The van der Waals surface area contributed by atoms with Crippen molar-refractivity contribution < 1.29 is 0 Å². The number of nitrogens with zero attached hydrogens (tertiary/aromatic N) is 2. The molecule has 0 amide bonds. The van der Waals surface area contributed by atoms with Gasteiger partial charge in [0, 0.05) is 26.2 Å². The minimum Gasteiger partial charge on any atom is -0.286 e. The van der Waals surface area contributed by atoms with Crippen molar-refractivity contribution in [2.24, 2.45) is 0 Å². The summed E-state index contributed by atoms with van der Waals surface area (Å²) in [6.45, 7) is 7.52. The van der Waals surface area contributed by atoms with Crippen LogP contribution in [0.1, 0.15) is 6.92 Å². The highest BCUT2D eigenvalue weighted by Gasteiger charge is 2.33. The van der Waals surface area contributed by atoms with Crippen LogP contribution in [0.4, 0.5) is 0 Å². The highest BCUT2D eigenvalue weighted by molar-refractivity contribution is 4.85. The maximum Gasteiger partial charge on any atom is 0.0595 e. The Morgan fingerprint density at radius 3 is 1.50 bits per heavy atom. The van der Waals surface area contributed by atoms with E-state index < -0.39 is 0 Å². The van der Waals surface area contributed by atoms with Crippen LogP contribution < -0.4 is 0 Å². The van der Waals surface area contributed by atoms with Gasteiger partial charge in [0.2, 0.25) is 0 Å². The molecule has 0 N–H and O–H groups in total. The second-order valence-corrected chi connectivity index (χ2v) is 2.70. The van der Waals surface area contributed by atoms with E-state index in [1.165, 1.54) is 26.2 Å². The third kappa shape index (κ3) is 0.446. The Labute approximate surface area is 50.1 Å². The Morgan fingerprint density at radius 1 is 1.00 bits per heavy atom. The topological polar surface area (TPSA) is 6.48 Å². The van der Waals surface area contributed by atoms with Crippen LogP contribution >= 0.6 is 0 Å². The van der Waals surface area contributed by atoms with Gasteiger partial charge in [-0.1, -0.05) is 0 Å². The average molecular weight is 112 g/mol. The first-order chi connectivity index (χ1) is 3.88. The normalized spacial score (nSPS) is 52.9. The highest BCUT2D eigenvalue weighted by atomic mass is 15.5. The van der Waals surface area contributed by atoms with Crippen molar-refractivity contribution in [2.45, 2.75) is 13.1 Å².